The maximum absolute atomic E-state index is 11.7. The van der Waals surface area contributed by atoms with Gasteiger partial charge in [-0.05, 0) is 32.6 Å². The van der Waals surface area contributed by atoms with Crippen LogP contribution in [0.1, 0.15) is 38.1 Å². The van der Waals surface area contributed by atoms with Crippen molar-refractivity contribution in [3.05, 3.63) is 11.4 Å². The highest BCUT2D eigenvalue weighted by molar-refractivity contribution is 5.75. The Bertz CT molecular complexity index is 409. The van der Waals surface area contributed by atoms with Crippen molar-refractivity contribution in [2.24, 2.45) is 5.92 Å². The molecule has 0 bridgehead atoms. The number of nitrogens with one attached hydrogen (secondary N) is 1. The molecular weight excluding hydrogens is 228 g/mol. The number of nitrogen functional groups attached to an aromatic ring is 1. The summed E-state index contributed by atoms with van der Waals surface area (Å²) in [4.78, 5) is 11.7. The molecule has 1 aromatic rings. The van der Waals surface area contributed by atoms with Crippen molar-refractivity contribution in [1.82, 2.24) is 15.1 Å². The van der Waals surface area contributed by atoms with Gasteiger partial charge in [0.2, 0.25) is 5.91 Å². The summed E-state index contributed by atoms with van der Waals surface area (Å²) in [6.45, 7) is 9.05. The van der Waals surface area contributed by atoms with Crippen LogP contribution >= 0.6 is 0 Å². The highest BCUT2D eigenvalue weighted by atomic mass is 16.2. The lowest BCUT2D eigenvalue weighted by Gasteiger charge is -2.08. The van der Waals surface area contributed by atoms with Crippen LogP contribution in [0, 0.1) is 19.8 Å². The van der Waals surface area contributed by atoms with Crippen LogP contribution in [0.25, 0.3) is 0 Å². The van der Waals surface area contributed by atoms with E-state index in [1.54, 1.807) is 4.68 Å². The quantitative estimate of drug-likeness (QED) is 0.756. The lowest BCUT2D eigenvalue weighted by Crippen LogP contribution is -2.29. The predicted octanol–water partition coefficient (Wildman–Crippen LogP) is 1.63. The smallest absolute Gasteiger partial charge is 0.241 e. The lowest BCUT2D eigenvalue weighted by molar-refractivity contribution is -0.121. The Hall–Kier alpha value is -1.52. The Morgan fingerprint density at radius 1 is 1.44 bits per heavy atom. The molecule has 1 rings (SSSR count). The SMILES string of the molecule is Cc1nn(CC(=O)NCCCC(C)C)c(C)c1N. The largest absolute Gasteiger partial charge is 0.396 e. The van der Waals surface area contributed by atoms with Crippen molar-refractivity contribution >= 4 is 11.6 Å². The van der Waals surface area contributed by atoms with Crippen LogP contribution in [-0.2, 0) is 11.3 Å². The van der Waals surface area contributed by atoms with Crippen LogP contribution in [0.15, 0.2) is 0 Å². The Morgan fingerprint density at radius 2 is 2.11 bits per heavy atom. The number of amides is 1. The zero-order valence-corrected chi connectivity index (χ0v) is 11.8. The van der Waals surface area contributed by atoms with Gasteiger partial charge in [-0.25, -0.2) is 0 Å². The molecule has 0 saturated heterocycles. The Kier molecular flexibility index (Phi) is 5.19. The second-order valence-electron chi connectivity index (χ2n) is 5.13. The van der Waals surface area contributed by atoms with Gasteiger partial charge in [-0.2, -0.15) is 5.10 Å². The molecule has 1 amide bonds. The minimum atomic E-state index is -0.00986. The maximum atomic E-state index is 11.7. The zero-order chi connectivity index (χ0) is 13.7. The minimum absolute atomic E-state index is 0.00986. The number of rotatable bonds is 6. The summed E-state index contributed by atoms with van der Waals surface area (Å²) in [5.41, 5.74) is 8.12. The van der Waals surface area contributed by atoms with E-state index in [1.807, 2.05) is 13.8 Å². The summed E-state index contributed by atoms with van der Waals surface area (Å²) in [6, 6.07) is 0. The molecule has 0 spiro atoms. The fourth-order valence-corrected chi connectivity index (χ4v) is 1.79. The average Bonchev–Trinajstić information content (AvgIpc) is 2.52. The molecule has 0 aliphatic carbocycles. The molecule has 5 heteroatoms. The van der Waals surface area contributed by atoms with E-state index in [-0.39, 0.29) is 12.5 Å². The Morgan fingerprint density at radius 3 is 2.61 bits per heavy atom. The van der Waals surface area contributed by atoms with E-state index in [0.29, 0.717) is 11.6 Å². The monoisotopic (exact) mass is 252 g/mol. The molecule has 3 N–H and O–H groups in total. The van der Waals surface area contributed by atoms with Gasteiger partial charge in [-0.1, -0.05) is 13.8 Å². The van der Waals surface area contributed by atoms with Crippen LogP contribution in [0.5, 0.6) is 0 Å². The molecule has 0 aliphatic rings. The molecule has 102 valence electrons. The molecule has 0 aromatic carbocycles. The molecule has 5 nitrogen and oxygen atoms in total. The molecule has 0 saturated carbocycles. The van der Waals surface area contributed by atoms with Crippen LogP contribution in [0.2, 0.25) is 0 Å². The van der Waals surface area contributed by atoms with Gasteiger partial charge in [-0.15, -0.1) is 0 Å². The number of nitrogens with zero attached hydrogens (tertiary/aromatic N) is 2. The number of aryl methyl sites for hydroxylation is 1. The van der Waals surface area contributed by atoms with Crippen molar-refractivity contribution in [2.45, 2.75) is 47.1 Å². The van der Waals surface area contributed by atoms with Crippen molar-refractivity contribution in [2.75, 3.05) is 12.3 Å². The third-order valence-corrected chi connectivity index (χ3v) is 3.01. The maximum Gasteiger partial charge on any atom is 0.241 e. The summed E-state index contributed by atoms with van der Waals surface area (Å²) in [5.74, 6) is 0.669. The van der Waals surface area contributed by atoms with Crippen LogP contribution < -0.4 is 11.1 Å². The number of anilines is 1. The third-order valence-electron chi connectivity index (χ3n) is 3.01. The molecule has 0 aliphatic heterocycles. The van der Waals surface area contributed by atoms with Crippen molar-refractivity contribution in [3.8, 4) is 0 Å². The van der Waals surface area contributed by atoms with Gasteiger partial charge in [0, 0.05) is 6.54 Å². The van der Waals surface area contributed by atoms with E-state index in [1.165, 1.54) is 0 Å². The molecule has 0 fully saturated rings. The molecule has 1 aromatic heterocycles. The van der Waals surface area contributed by atoms with Gasteiger partial charge in [0.15, 0.2) is 0 Å². The van der Waals surface area contributed by atoms with Crippen molar-refractivity contribution in [1.29, 1.82) is 0 Å². The van der Waals surface area contributed by atoms with Gasteiger partial charge in [0.25, 0.3) is 0 Å². The molecule has 1 heterocycles. The minimum Gasteiger partial charge on any atom is -0.396 e. The zero-order valence-electron chi connectivity index (χ0n) is 11.8. The average molecular weight is 252 g/mol. The number of hydrogen-bond donors (Lipinski definition) is 2. The van der Waals surface area contributed by atoms with Gasteiger partial charge in [0.1, 0.15) is 6.54 Å². The van der Waals surface area contributed by atoms with Gasteiger partial charge < -0.3 is 11.1 Å². The van der Waals surface area contributed by atoms with E-state index >= 15 is 0 Å². The summed E-state index contributed by atoms with van der Waals surface area (Å²) in [7, 11) is 0. The number of carbonyl (C=O) groups is 1. The lowest BCUT2D eigenvalue weighted by atomic mass is 10.1. The summed E-state index contributed by atoms with van der Waals surface area (Å²) in [6.07, 6.45) is 2.15. The van der Waals surface area contributed by atoms with Gasteiger partial charge in [-0.3, -0.25) is 9.48 Å². The first kappa shape index (κ1) is 14.5. The van der Waals surface area contributed by atoms with E-state index < -0.39 is 0 Å². The van der Waals surface area contributed by atoms with E-state index in [2.05, 4.69) is 24.3 Å². The second kappa shape index (κ2) is 6.42. The summed E-state index contributed by atoms with van der Waals surface area (Å²) < 4.78 is 1.66. The first-order chi connectivity index (χ1) is 8.41. The third kappa shape index (κ3) is 4.05. The molecular formula is C13H24N4O. The van der Waals surface area contributed by atoms with Crippen LogP contribution in [-0.4, -0.2) is 22.2 Å². The highest BCUT2D eigenvalue weighted by Gasteiger charge is 2.10. The number of hydrogen-bond acceptors (Lipinski definition) is 3. The summed E-state index contributed by atoms with van der Waals surface area (Å²) >= 11 is 0. The van der Waals surface area contributed by atoms with Gasteiger partial charge in [0.05, 0.1) is 17.1 Å². The van der Waals surface area contributed by atoms with E-state index in [0.717, 1.165) is 30.8 Å². The predicted molar refractivity (Wildman–Crippen MR) is 73.2 cm³/mol. The van der Waals surface area contributed by atoms with Gasteiger partial charge >= 0.3 is 0 Å². The fraction of sp³-hybridized carbons (Fsp3) is 0.692. The fourth-order valence-electron chi connectivity index (χ4n) is 1.79. The van der Waals surface area contributed by atoms with E-state index in [4.69, 9.17) is 5.73 Å². The highest BCUT2D eigenvalue weighted by Crippen LogP contribution is 2.14. The topological polar surface area (TPSA) is 72.9 Å². The molecule has 0 unspecified atom stereocenters. The van der Waals surface area contributed by atoms with E-state index in [9.17, 15) is 4.79 Å². The standard InChI is InChI=1S/C13H24N4O/c1-9(2)6-5-7-15-12(18)8-17-11(4)13(14)10(3)16-17/h9H,5-8,14H2,1-4H3,(H,15,18). The molecule has 18 heavy (non-hydrogen) atoms. The first-order valence-electron chi connectivity index (χ1n) is 6.48. The normalized spacial score (nSPS) is 10.9. The van der Waals surface area contributed by atoms with Crippen LogP contribution in [0.4, 0.5) is 5.69 Å². The molecule has 0 radical (unpaired) electrons. The number of carbonyl (C=O) groups excluding carboxylic acids is 1. The number of nitrogens with two attached hydrogens (primary N) is 1. The second-order valence-corrected chi connectivity index (χ2v) is 5.13. The van der Waals surface area contributed by atoms with Crippen molar-refractivity contribution in [3.63, 3.8) is 0 Å². The number of aromatic nitrogens is 2. The summed E-state index contributed by atoms with van der Waals surface area (Å²) in [5, 5.41) is 7.14. The van der Waals surface area contributed by atoms with Crippen LogP contribution in [0.3, 0.4) is 0 Å². The Balaban J connectivity index is 2.38. The molecule has 0 atom stereocenters. The first-order valence-corrected chi connectivity index (χ1v) is 6.48. The van der Waals surface area contributed by atoms with Crippen molar-refractivity contribution < 1.29 is 4.79 Å². The Labute approximate surface area is 109 Å².